The summed E-state index contributed by atoms with van der Waals surface area (Å²) in [5.41, 5.74) is 3.27. The van der Waals surface area contributed by atoms with E-state index in [0.29, 0.717) is 13.1 Å². The Labute approximate surface area is 124 Å². The highest BCUT2D eigenvalue weighted by molar-refractivity contribution is 5.74. The van der Waals surface area contributed by atoms with Crippen LogP contribution < -0.4 is 0 Å². The van der Waals surface area contributed by atoms with Gasteiger partial charge in [-0.3, -0.25) is 4.90 Å². The Morgan fingerprint density at radius 1 is 0.952 bits per heavy atom. The van der Waals surface area contributed by atoms with Gasteiger partial charge in [0, 0.05) is 13.1 Å². The first-order valence-corrected chi connectivity index (χ1v) is 7.16. The minimum absolute atomic E-state index is 0.146. The standard InChI is InChI=1S/C17H19N3O/c21-11-10-20(12-14-6-2-1-3-7-14)13-17-18-15-8-4-5-9-16(15)19-17/h1-9,21H,10-13H2,(H,18,19). The molecule has 0 saturated heterocycles. The number of aliphatic hydroxyl groups excluding tert-OH is 1. The molecule has 0 aliphatic carbocycles. The number of fused-ring (bicyclic) bond motifs is 1. The molecule has 2 N–H and O–H groups in total. The zero-order valence-electron chi connectivity index (χ0n) is 11.9. The lowest BCUT2D eigenvalue weighted by atomic mass is 10.2. The average Bonchev–Trinajstić information content (AvgIpc) is 2.90. The molecule has 0 spiro atoms. The van der Waals surface area contributed by atoms with Gasteiger partial charge in [0.05, 0.1) is 24.2 Å². The van der Waals surface area contributed by atoms with E-state index in [1.165, 1.54) is 5.56 Å². The van der Waals surface area contributed by atoms with Gasteiger partial charge in [-0.2, -0.15) is 0 Å². The van der Waals surface area contributed by atoms with Gasteiger partial charge in [-0.05, 0) is 17.7 Å². The molecule has 0 radical (unpaired) electrons. The highest BCUT2D eigenvalue weighted by Crippen LogP contribution is 2.13. The molecule has 1 aromatic heterocycles. The second-order valence-electron chi connectivity index (χ2n) is 5.12. The lowest BCUT2D eigenvalue weighted by molar-refractivity contribution is 0.181. The van der Waals surface area contributed by atoms with Crippen molar-refractivity contribution >= 4 is 11.0 Å². The molecule has 0 amide bonds. The van der Waals surface area contributed by atoms with Gasteiger partial charge >= 0.3 is 0 Å². The van der Waals surface area contributed by atoms with Crippen LogP contribution in [0.5, 0.6) is 0 Å². The topological polar surface area (TPSA) is 52.1 Å². The summed E-state index contributed by atoms with van der Waals surface area (Å²) in [6.07, 6.45) is 0. The third-order valence-electron chi connectivity index (χ3n) is 3.48. The zero-order valence-corrected chi connectivity index (χ0v) is 11.9. The van der Waals surface area contributed by atoms with Crippen molar-refractivity contribution < 1.29 is 5.11 Å². The van der Waals surface area contributed by atoms with Crippen LogP contribution in [0.2, 0.25) is 0 Å². The molecule has 3 aromatic rings. The molecule has 21 heavy (non-hydrogen) atoms. The Morgan fingerprint density at radius 3 is 2.48 bits per heavy atom. The molecule has 3 rings (SSSR count). The highest BCUT2D eigenvalue weighted by Gasteiger charge is 2.09. The zero-order chi connectivity index (χ0) is 14.5. The van der Waals surface area contributed by atoms with Gasteiger partial charge in [-0.15, -0.1) is 0 Å². The first-order chi connectivity index (χ1) is 10.3. The van der Waals surface area contributed by atoms with Crippen molar-refractivity contribution in [3.8, 4) is 0 Å². The fraction of sp³-hybridized carbons (Fsp3) is 0.235. The molecule has 0 bridgehead atoms. The fourth-order valence-electron chi connectivity index (χ4n) is 2.49. The van der Waals surface area contributed by atoms with Gasteiger partial charge < -0.3 is 10.1 Å². The van der Waals surface area contributed by atoms with E-state index in [1.54, 1.807) is 0 Å². The molecule has 0 saturated carbocycles. The molecule has 0 atom stereocenters. The molecule has 0 aliphatic heterocycles. The predicted molar refractivity (Wildman–Crippen MR) is 83.7 cm³/mol. The van der Waals surface area contributed by atoms with Crippen LogP contribution in [0.3, 0.4) is 0 Å². The SMILES string of the molecule is OCCN(Cc1ccccc1)Cc1nc2ccccc2[nH]1. The molecule has 0 unspecified atom stereocenters. The smallest absolute Gasteiger partial charge is 0.121 e. The van der Waals surface area contributed by atoms with Crippen LogP contribution >= 0.6 is 0 Å². The number of aliphatic hydroxyl groups is 1. The quantitative estimate of drug-likeness (QED) is 0.730. The largest absolute Gasteiger partial charge is 0.395 e. The van der Waals surface area contributed by atoms with Gasteiger partial charge in [0.1, 0.15) is 5.82 Å². The maximum atomic E-state index is 9.26. The Kier molecular flexibility index (Phi) is 4.28. The lowest BCUT2D eigenvalue weighted by Crippen LogP contribution is -2.26. The second-order valence-corrected chi connectivity index (χ2v) is 5.12. The Morgan fingerprint density at radius 2 is 1.71 bits per heavy atom. The number of aromatic amines is 1. The summed E-state index contributed by atoms with van der Waals surface area (Å²) in [5.74, 6) is 0.931. The highest BCUT2D eigenvalue weighted by atomic mass is 16.3. The number of nitrogens with zero attached hydrogens (tertiary/aromatic N) is 2. The van der Waals surface area contributed by atoms with Crippen LogP contribution in [0, 0.1) is 0 Å². The first kappa shape index (κ1) is 13.8. The number of nitrogens with one attached hydrogen (secondary N) is 1. The molecular formula is C17H19N3O. The summed E-state index contributed by atoms with van der Waals surface area (Å²) in [4.78, 5) is 10.1. The first-order valence-electron chi connectivity index (χ1n) is 7.16. The number of para-hydroxylation sites is 2. The summed E-state index contributed by atoms with van der Waals surface area (Å²) in [7, 11) is 0. The predicted octanol–water partition coefficient (Wildman–Crippen LogP) is 2.56. The summed E-state index contributed by atoms with van der Waals surface area (Å²) < 4.78 is 0. The lowest BCUT2D eigenvalue weighted by Gasteiger charge is -2.20. The van der Waals surface area contributed by atoms with Crippen molar-refractivity contribution in [2.75, 3.05) is 13.2 Å². The Balaban J connectivity index is 1.75. The maximum Gasteiger partial charge on any atom is 0.121 e. The van der Waals surface area contributed by atoms with Gasteiger partial charge in [0.15, 0.2) is 0 Å². The average molecular weight is 281 g/mol. The maximum absolute atomic E-state index is 9.26. The summed E-state index contributed by atoms with van der Waals surface area (Å²) >= 11 is 0. The molecule has 2 aromatic carbocycles. The number of aromatic nitrogens is 2. The van der Waals surface area contributed by atoms with E-state index < -0.39 is 0 Å². The monoisotopic (exact) mass is 281 g/mol. The summed E-state index contributed by atoms with van der Waals surface area (Å²) in [5, 5.41) is 9.26. The van der Waals surface area contributed by atoms with Crippen LogP contribution in [0.25, 0.3) is 11.0 Å². The van der Waals surface area contributed by atoms with Crippen molar-refractivity contribution in [3.63, 3.8) is 0 Å². The summed E-state index contributed by atoms with van der Waals surface area (Å²) in [6.45, 7) is 2.28. The molecule has 0 fully saturated rings. The summed E-state index contributed by atoms with van der Waals surface area (Å²) in [6, 6.07) is 18.3. The van der Waals surface area contributed by atoms with Crippen LogP contribution in [-0.2, 0) is 13.1 Å². The number of H-pyrrole nitrogens is 1. The molecule has 4 nitrogen and oxygen atoms in total. The molecule has 4 heteroatoms. The van der Waals surface area contributed by atoms with Gasteiger partial charge in [-0.25, -0.2) is 4.98 Å². The van der Waals surface area contributed by atoms with Crippen LogP contribution in [-0.4, -0.2) is 33.1 Å². The van der Waals surface area contributed by atoms with Crippen molar-refractivity contribution in [1.82, 2.24) is 14.9 Å². The van der Waals surface area contributed by atoms with E-state index in [0.717, 1.165) is 23.4 Å². The van der Waals surface area contributed by atoms with Crippen molar-refractivity contribution in [2.24, 2.45) is 0 Å². The minimum Gasteiger partial charge on any atom is -0.395 e. The normalized spacial score (nSPS) is 11.3. The molecule has 0 aliphatic rings. The number of imidazole rings is 1. The fourth-order valence-corrected chi connectivity index (χ4v) is 2.49. The van der Waals surface area contributed by atoms with Crippen molar-refractivity contribution in [3.05, 3.63) is 66.0 Å². The molecular weight excluding hydrogens is 262 g/mol. The third-order valence-corrected chi connectivity index (χ3v) is 3.48. The van der Waals surface area contributed by atoms with Crippen molar-refractivity contribution in [1.29, 1.82) is 0 Å². The van der Waals surface area contributed by atoms with E-state index >= 15 is 0 Å². The Hall–Kier alpha value is -2.17. The Bertz CT molecular complexity index is 660. The number of rotatable bonds is 6. The van der Waals surface area contributed by atoms with Gasteiger partial charge in [0.2, 0.25) is 0 Å². The van der Waals surface area contributed by atoms with E-state index in [2.05, 4.69) is 27.0 Å². The number of benzene rings is 2. The molecule has 108 valence electrons. The molecule has 1 heterocycles. The third kappa shape index (κ3) is 3.48. The van der Waals surface area contributed by atoms with E-state index in [9.17, 15) is 5.11 Å². The second kappa shape index (κ2) is 6.52. The minimum atomic E-state index is 0.146. The van der Waals surface area contributed by atoms with E-state index in [-0.39, 0.29) is 6.61 Å². The van der Waals surface area contributed by atoms with E-state index in [4.69, 9.17) is 0 Å². The van der Waals surface area contributed by atoms with Gasteiger partial charge in [-0.1, -0.05) is 42.5 Å². The van der Waals surface area contributed by atoms with Crippen molar-refractivity contribution in [2.45, 2.75) is 13.1 Å². The van der Waals surface area contributed by atoms with Crippen LogP contribution in [0.1, 0.15) is 11.4 Å². The van der Waals surface area contributed by atoms with E-state index in [1.807, 2.05) is 42.5 Å². The number of hydrogen-bond donors (Lipinski definition) is 2. The van der Waals surface area contributed by atoms with Crippen LogP contribution in [0.15, 0.2) is 54.6 Å². The van der Waals surface area contributed by atoms with Crippen LogP contribution in [0.4, 0.5) is 0 Å². The van der Waals surface area contributed by atoms with Gasteiger partial charge in [0.25, 0.3) is 0 Å². The number of hydrogen-bond acceptors (Lipinski definition) is 3.